The fourth-order valence-electron chi connectivity index (χ4n) is 1.51. The summed E-state index contributed by atoms with van der Waals surface area (Å²) in [5, 5.41) is 9.02. The average Bonchev–Trinajstić information content (AvgIpc) is 2.48. The number of anilines is 1. The van der Waals surface area contributed by atoms with E-state index in [4.69, 9.17) is 20.5 Å². The van der Waals surface area contributed by atoms with E-state index in [-0.39, 0.29) is 17.4 Å². The van der Waals surface area contributed by atoms with E-state index in [1.54, 1.807) is 24.3 Å². The summed E-state index contributed by atoms with van der Waals surface area (Å²) >= 11 is 0. The first-order valence-electron chi connectivity index (χ1n) is 6.16. The zero-order valence-electron chi connectivity index (χ0n) is 11.0. The lowest BCUT2D eigenvalue weighted by molar-refractivity contribution is 0.304. The van der Waals surface area contributed by atoms with Gasteiger partial charge >= 0.3 is 0 Å². The van der Waals surface area contributed by atoms with Crippen molar-refractivity contribution in [2.45, 2.75) is 13.3 Å². The van der Waals surface area contributed by atoms with E-state index in [0.29, 0.717) is 17.9 Å². The summed E-state index contributed by atoms with van der Waals surface area (Å²) in [5.41, 5.74) is 6.53. The highest BCUT2D eigenvalue weighted by Gasteiger charge is 2.13. The Hall–Kier alpha value is -2.81. The summed E-state index contributed by atoms with van der Waals surface area (Å²) in [5.74, 6) is 0.849. The van der Waals surface area contributed by atoms with E-state index in [2.05, 4.69) is 9.97 Å². The maximum absolute atomic E-state index is 9.02. The molecule has 0 aliphatic heterocycles. The highest BCUT2D eigenvalue weighted by molar-refractivity contribution is 5.57. The molecule has 0 unspecified atom stereocenters. The van der Waals surface area contributed by atoms with Gasteiger partial charge < -0.3 is 15.2 Å². The Labute approximate surface area is 116 Å². The van der Waals surface area contributed by atoms with Crippen LogP contribution < -0.4 is 15.2 Å². The Morgan fingerprint density at radius 2 is 2.00 bits per heavy atom. The molecule has 20 heavy (non-hydrogen) atoms. The molecule has 6 nitrogen and oxygen atoms in total. The van der Waals surface area contributed by atoms with Crippen LogP contribution in [0.25, 0.3) is 0 Å². The minimum Gasteiger partial charge on any atom is -0.476 e. The van der Waals surface area contributed by atoms with Crippen molar-refractivity contribution < 1.29 is 9.47 Å². The van der Waals surface area contributed by atoms with E-state index >= 15 is 0 Å². The van der Waals surface area contributed by atoms with Gasteiger partial charge in [-0.1, -0.05) is 19.1 Å². The van der Waals surface area contributed by atoms with E-state index in [1.807, 2.05) is 13.0 Å². The minimum atomic E-state index is 0.175. The van der Waals surface area contributed by atoms with Gasteiger partial charge in [-0.3, -0.25) is 0 Å². The number of ether oxygens (including phenoxy) is 2. The van der Waals surface area contributed by atoms with Gasteiger partial charge in [0.1, 0.15) is 18.1 Å². The second kappa shape index (κ2) is 6.38. The molecule has 0 fully saturated rings. The molecule has 1 aromatic heterocycles. The molecule has 2 aromatic rings. The van der Waals surface area contributed by atoms with Crippen molar-refractivity contribution in [1.82, 2.24) is 9.97 Å². The van der Waals surface area contributed by atoms with Crippen LogP contribution in [0.15, 0.2) is 30.6 Å². The van der Waals surface area contributed by atoms with E-state index < -0.39 is 0 Å². The topological polar surface area (TPSA) is 94.0 Å². The lowest BCUT2D eigenvalue weighted by Crippen LogP contribution is -2.04. The normalized spacial score (nSPS) is 9.80. The fraction of sp³-hybridized carbons (Fsp3) is 0.214. The van der Waals surface area contributed by atoms with Crippen LogP contribution in [0.1, 0.15) is 18.9 Å². The van der Waals surface area contributed by atoms with Crippen molar-refractivity contribution in [1.29, 1.82) is 5.26 Å². The van der Waals surface area contributed by atoms with Gasteiger partial charge in [-0.05, 0) is 18.6 Å². The van der Waals surface area contributed by atoms with Crippen molar-refractivity contribution in [3.8, 4) is 23.6 Å². The smallest absolute Gasteiger partial charge is 0.249 e. The lowest BCUT2D eigenvalue weighted by Gasteiger charge is -2.11. The van der Waals surface area contributed by atoms with Crippen molar-refractivity contribution in [2.24, 2.45) is 0 Å². The van der Waals surface area contributed by atoms with Gasteiger partial charge in [0.25, 0.3) is 0 Å². The van der Waals surface area contributed by atoms with Crippen molar-refractivity contribution in [2.75, 3.05) is 12.3 Å². The van der Waals surface area contributed by atoms with Gasteiger partial charge in [-0.15, -0.1) is 0 Å². The van der Waals surface area contributed by atoms with Gasteiger partial charge in [0.15, 0.2) is 5.69 Å². The number of hydrogen-bond donors (Lipinski definition) is 1. The molecule has 1 aromatic carbocycles. The summed E-state index contributed by atoms with van der Waals surface area (Å²) in [7, 11) is 0. The monoisotopic (exact) mass is 270 g/mol. The zero-order chi connectivity index (χ0) is 14.4. The third-order valence-electron chi connectivity index (χ3n) is 2.47. The van der Waals surface area contributed by atoms with Crippen molar-refractivity contribution in [3.05, 3.63) is 36.2 Å². The number of aromatic nitrogens is 2. The van der Waals surface area contributed by atoms with Crippen molar-refractivity contribution in [3.63, 3.8) is 0 Å². The first kappa shape index (κ1) is 13.6. The summed E-state index contributed by atoms with van der Waals surface area (Å²) in [4.78, 5) is 7.93. The van der Waals surface area contributed by atoms with Crippen molar-refractivity contribution >= 4 is 5.69 Å². The lowest BCUT2D eigenvalue weighted by atomic mass is 10.2. The van der Waals surface area contributed by atoms with Crippen LogP contribution in [0, 0.1) is 11.3 Å². The first-order chi connectivity index (χ1) is 9.76. The Kier molecular flexibility index (Phi) is 4.35. The Balaban J connectivity index is 2.28. The number of nitrogens with zero attached hydrogens (tertiary/aromatic N) is 3. The molecular weight excluding hydrogens is 256 g/mol. The van der Waals surface area contributed by atoms with Crippen LogP contribution in [-0.4, -0.2) is 16.6 Å². The molecule has 0 atom stereocenters. The molecule has 0 amide bonds. The largest absolute Gasteiger partial charge is 0.476 e. The van der Waals surface area contributed by atoms with Gasteiger partial charge in [0, 0.05) is 0 Å². The Morgan fingerprint density at radius 1 is 1.25 bits per heavy atom. The number of hydrogen-bond acceptors (Lipinski definition) is 6. The van der Waals surface area contributed by atoms with Gasteiger partial charge in [0.2, 0.25) is 11.8 Å². The molecule has 1 heterocycles. The predicted octanol–water partition coefficient (Wildman–Crippen LogP) is 2.51. The highest BCUT2D eigenvalue weighted by atomic mass is 16.5. The predicted molar refractivity (Wildman–Crippen MR) is 73.5 cm³/mol. The number of nitriles is 1. The maximum atomic E-state index is 9.02. The number of rotatable bonds is 5. The maximum Gasteiger partial charge on any atom is 0.249 e. The average molecular weight is 270 g/mol. The van der Waals surface area contributed by atoms with Crippen LogP contribution in [-0.2, 0) is 0 Å². The molecule has 0 spiro atoms. The molecule has 102 valence electrons. The zero-order valence-corrected chi connectivity index (χ0v) is 11.0. The molecule has 0 saturated heterocycles. The molecule has 6 heteroatoms. The van der Waals surface area contributed by atoms with Gasteiger partial charge in [-0.2, -0.15) is 15.2 Å². The first-order valence-corrected chi connectivity index (χ1v) is 6.16. The summed E-state index contributed by atoms with van der Waals surface area (Å²) in [6, 6.07) is 8.89. The van der Waals surface area contributed by atoms with E-state index in [9.17, 15) is 0 Å². The Bertz CT molecular complexity index is 637. The number of benzene rings is 1. The fourth-order valence-corrected chi connectivity index (χ4v) is 1.51. The molecule has 2 rings (SSSR count). The summed E-state index contributed by atoms with van der Waals surface area (Å²) < 4.78 is 11.0. The minimum absolute atomic E-state index is 0.175. The number of para-hydroxylation sites is 1. The summed E-state index contributed by atoms with van der Waals surface area (Å²) in [6.45, 7) is 2.49. The molecule has 0 aliphatic rings. The standard InChI is InChI=1S/C14H14N4O2/c1-2-7-19-13-12(16)14(18-9-17-13)20-11-6-4-3-5-10(11)8-15/h3-6,9H,2,7,16H2,1H3. The molecule has 0 saturated carbocycles. The van der Waals surface area contributed by atoms with Crippen LogP contribution in [0.5, 0.6) is 17.5 Å². The summed E-state index contributed by atoms with van der Waals surface area (Å²) in [6.07, 6.45) is 2.16. The van der Waals surface area contributed by atoms with Crippen LogP contribution in [0.2, 0.25) is 0 Å². The third kappa shape index (κ3) is 2.95. The Morgan fingerprint density at radius 3 is 2.75 bits per heavy atom. The van der Waals surface area contributed by atoms with Gasteiger partial charge in [-0.25, -0.2) is 0 Å². The van der Waals surface area contributed by atoms with E-state index in [0.717, 1.165) is 6.42 Å². The third-order valence-corrected chi connectivity index (χ3v) is 2.47. The second-order valence-corrected chi connectivity index (χ2v) is 3.96. The molecular formula is C14H14N4O2. The molecule has 0 aliphatic carbocycles. The van der Waals surface area contributed by atoms with Gasteiger partial charge in [0.05, 0.1) is 12.2 Å². The van der Waals surface area contributed by atoms with Crippen LogP contribution >= 0.6 is 0 Å². The number of nitrogen functional groups attached to an aromatic ring is 1. The SMILES string of the molecule is CCCOc1ncnc(Oc2ccccc2C#N)c1N. The van der Waals surface area contributed by atoms with Crippen LogP contribution in [0.3, 0.4) is 0 Å². The highest BCUT2D eigenvalue weighted by Crippen LogP contribution is 2.31. The second-order valence-electron chi connectivity index (χ2n) is 3.96. The number of nitrogens with two attached hydrogens (primary N) is 1. The van der Waals surface area contributed by atoms with E-state index in [1.165, 1.54) is 6.33 Å². The molecule has 0 radical (unpaired) electrons. The molecule has 2 N–H and O–H groups in total. The molecule has 0 bridgehead atoms. The van der Waals surface area contributed by atoms with Crippen LogP contribution in [0.4, 0.5) is 5.69 Å². The quantitative estimate of drug-likeness (QED) is 0.897.